The number of ether oxygens (including phenoxy) is 1. The maximum Gasteiger partial charge on any atom is 0.319 e. The van der Waals surface area contributed by atoms with Gasteiger partial charge in [0.05, 0.1) is 23.8 Å². The molecule has 27 heavy (non-hydrogen) atoms. The SMILES string of the molecule is CS(=O)(=O)c1ccccc1NC(=O)NCC1(N2CCOCC2)CCCCC1. The third-order valence-electron chi connectivity index (χ3n) is 5.58. The van der Waals surface area contributed by atoms with E-state index in [0.717, 1.165) is 58.2 Å². The molecule has 2 aliphatic rings. The van der Waals surface area contributed by atoms with Gasteiger partial charge in [0.25, 0.3) is 0 Å². The lowest BCUT2D eigenvalue weighted by Crippen LogP contribution is -2.60. The van der Waals surface area contributed by atoms with Crippen LogP contribution < -0.4 is 10.6 Å². The Morgan fingerprint density at radius 1 is 1.15 bits per heavy atom. The van der Waals surface area contributed by atoms with E-state index in [0.29, 0.717) is 12.2 Å². The first-order valence-corrected chi connectivity index (χ1v) is 11.5. The summed E-state index contributed by atoms with van der Waals surface area (Å²) in [7, 11) is -3.41. The zero-order chi connectivity index (χ0) is 19.3. The topological polar surface area (TPSA) is 87.7 Å². The smallest absolute Gasteiger partial charge is 0.319 e. The summed E-state index contributed by atoms with van der Waals surface area (Å²) in [5.41, 5.74) is 0.275. The van der Waals surface area contributed by atoms with Gasteiger partial charge in [-0.05, 0) is 25.0 Å². The Hall–Kier alpha value is -1.64. The van der Waals surface area contributed by atoms with Gasteiger partial charge in [0.15, 0.2) is 9.84 Å². The molecular weight excluding hydrogens is 366 g/mol. The number of para-hydroxylation sites is 1. The van der Waals surface area contributed by atoms with Crippen LogP contribution in [0.1, 0.15) is 32.1 Å². The van der Waals surface area contributed by atoms with E-state index in [1.165, 1.54) is 12.5 Å². The summed E-state index contributed by atoms with van der Waals surface area (Å²) in [6.07, 6.45) is 6.83. The van der Waals surface area contributed by atoms with Gasteiger partial charge in [0.1, 0.15) is 0 Å². The van der Waals surface area contributed by atoms with E-state index in [9.17, 15) is 13.2 Å². The highest BCUT2D eigenvalue weighted by molar-refractivity contribution is 7.90. The first-order chi connectivity index (χ1) is 12.9. The molecule has 1 aromatic carbocycles. The van der Waals surface area contributed by atoms with Gasteiger partial charge in [-0.2, -0.15) is 0 Å². The molecule has 2 N–H and O–H groups in total. The molecule has 1 aliphatic carbocycles. The van der Waals surface area contributed by atoms with Crippen molar-refractivity contribution in [3.8, 4) is 0 Å². The molecule has 2 amide bonds. The molecule has 2 fully saturated rings. The van der Waals surface area contributed by atoms with Crippen LogP contribution in [-0.4, -0.2) is 64.0 Å². The van der Waals surface area contributed by atoms with Crippen LogP contribution in [-0.2, 0) is 14.6 Å². The molecule has 1 aliphatic heterocycles. The zero-order valence-corrected chi connectivity index (χ0v) is 16.7. The normalized spacial score (nSPS) is 20.8. The fraction of sp³-hybridized carbons (Fsp3) is 0.632. The number of nitrogens with zero attached hydrogens (tertiary/aromatic N) is 1. The second-order valence-electron chi connectivity index (χ2n) is 7.46. The standard InChI is InChI=1S/C19H29N3O4S/c1-27(24,25)17-8-4-3-7-16(17)21-18(23)20-15-19(9-5-2-6-10-19)22-11-13-26-14-12-22/h3-4,7-8H,2,5-6,9-15H2,1H3,(H2,20,21,23). The predicted molar refractivity (Wildman–Crippen MR) is 105 cm³/mol. The van der Waals surface area contributed by atoms with E-state index in [1.807, 2.05) is 0 Å². The molecule has 1 aromatic rings. The highest BCUT2D eigenvalue weighted by atomic mass is 32.2. The Morgan fingerprint density at radius 2 is 1.81 bits per heavy atom. The summed E-state index contributed by atoms with van der Waals surface area (Å²) < 4.78 is 29.3. The fourth-order valence-electron chi connectivity index (χ4n) is 4.16. The summed E-state index contributed by atoms with van der Waals surface area (Å²) in [6.45, 7) is 3.80. The number of urea groups is 1. The van der Waals surface area contributed by atoms with Gasteiger partial charge in [0, 0.05) is 31.4 Å². The van der Waals surface area contributed by atoms with Gasteiger partial charge in [0.2, 0.25) is 0 Å². The van der Waals surface area contributed by atoms with E-state index in [1.54, 1.807) is 18.2 Å². The lowest BCUT2D eigenvalue weighted by atomic mass is 9.80. The van der Waals surface area contributed by atoms with Gasteiger partial charge in [-0.3, -0.25) is 4.90 Å². The number of rotatable bonds is 5. The van der Waals surface area contributed by atoms with Crippen LogP contribution in [0, 0.1) is 0 Å². The van der Waals surface area contributed by atoms with E-state index in [-0.39, 0.29) is 16.5 Å². The third kappa shape index (κ3) is 5.00. The van der Waals surface area contributed by atoms with E-state index in [2.05, 4.69) is 15.5 Å². The summed E-state index contributed by atoms with van der Waals surface area (Å²) in [4.78, 5) is 15.1. The molecule has 0 atom stereocenters. The molecule has 7 nitrogen and oxygen atoms in total. The Labute approximate surface area is 161 Å². The maximum absolute atomic E-state index is 12.5. The third-order valence-corrected chi connectivity index (χ3v) is 6.73. The predicted octanol–water partition coefficient (Wildman–Crippen LogP) is 2.25. The fourth-order valence-corrected chi connectivity index (χ4v) is 5.00. The van der Waals surface area contributed by atoms with Crippen molar-refractivity contribution in [2.45, 2.75) is 42.5 Å². The van der Waals surface area contributed by atoms with Crippen molar-refractivity contribution >= 4 is 21.6 Å². The van der Waals surface area contributed by atoms with Crippen molar-refractivity contribution in [1.29, 1.82) is 0 Å². The van der Waals surface area contributed by atoms with Crippen molar-refractivity contribution in [3.63, 3.8) is 0 Å². The summed E-state index contributed by atoms with van der Waals surface area (Å²) >= 11 is 0. The van der Waals surface area contributed by atoms with Crippen LogP contribution in [0.15, 0.2) is 29.2 Å². The number of anilines is 1. The van der Waals surface area contributed by atoms with Gasteiger partial charge in [-0.15, -0.1) is 0 Å². The minimum absolute atomic E-state index is 0.0320. The lowest BCUT2D eigenvalue weighted by molar-refractivity contribution is -0.0356. The van der Waals surface area contributed by atoms with Crippen molar-refractivity contribution in [3.05, 3.63) is 24.3 Å². The van der Waals surface area contributed by atoms with Gasteiger partial charge in [-0.25, -0.2) is 13.2 Å². The quantitative estimate of drug-likeness (QED) is 0.798. The molecule has 8 heteroatoms. The van der Waals surface area contributed by atoms with Gasteiger partial charge in [-0.1, -0.05) is 31.4 Å². The summed E-state index contributed by atoms with van der Waals surface area (Å²) in [6, 6.07) is 6.09. The first-order valence-electron chi connectivity index (χ1n) is 9.57. The van der Waals surface area contributed by atoms with Crippen molar-refractivity contribution in [2.24, 2.45) is 0 Å². The molecule has 1 heterocycles. The Balaban J connectivity index is 1.67. The van der Waals surface area contributed by atoms with Crippen molar-refractivity contribution < 1.29 is 17.9 Å². The minimum Gasteiger partial charge on any atom is -0.379 e. The maximum atomic E-state index is 12.5. The van der Waals surface area contributed by atoms with Crippen LogP contribution in [0.2, 0.25) is 0 Å². The summed E-state index contributed by atoms with van der Waals surface area (Å²) in [5.74, 6) is 0. The average molecular weight is 396 g/mol. The number of carbonyl (C=O) groups excluding carboxylic acids is 1. The molecular formula is C19H29N3O4S. The molecule has 0 bridgehead atoms. The second kappa shape index (κ2) is 8.58. The highest BCUT2D eigenvalue weighted by Crippen LogP contribution is 2.34. The minimum atomic E-state index is -3.41. The van der Waals surface area contributed by atoms with Crippen LogP contribution in [0.3, 0.4) is 0 Å². The highest BCUT2D eigenvalue weighted by Gasteiger charge is 2.38. The van der Waals surface area contributed by atoms with Crippen molar-refractivity contribution in [2.75, 3.05) is 44.4 Å². The lowest BCUT2D eigenvalue weighted by Gasteiger charge is -2.48. The van der Waals surface area contributed by atoms with E-state index in [4.69, 9.17) is 4.74 Å². The van der Waals surface area contributed by atoms with Gasteiger partial charge < -0.3 is 15.4 Å². The van der Waals surface area contributed by atoms with Crippen LogP contribution in [0.4, 0.5) is 10.5 Å². The van der Waals surface area contributed by atoms with Crippen LogP contribution in [0.25, 0.3) is 0 Å². The number of morpholine rings is 1. The Bertz CT molecular complexity index is 754. The largest absolute Gasteiger partial charge is 0.379 e. The average Bonchev–Trinajstić information content (AvgIpc) is 2.67. The van der Waals surface area contributed by atoms with Crippen LogP contribution in [0.5, 0.6) is 0 Å². The van der Waals surface area contributed by atoms with Crippen LogP contribution >= 0.6 is 0 Å². The van der Waals surface area contributed by atoms with E-state index < -0.39 is 9.84 Å². The molecule has 0 unspecified atom stereocenters. The zero-order valence-electron chi connectivity index (χ0n) is 15.9. The molecule has 0 aromatic heterocycles. The number of nitrogens with one attached hydrogen (secondary N) is 2. The molecule has 1 saturated heterocycles. The first kappa shape index (κ1) is 20.1. The monoisotopic (exact) mass is 395 g/mol. The number of benzene rings is 1. The molecule has 3 rings (SSSR count). The number of hydrogen-bond donors (Lipinski definition) is 2. The number of carbonyl (C=O) groups is 1. The number of amides is 2. The molecule has 0 radical (unpaired) electrons. The number of sulfone groups is 1. The second-order valence-corrected chi connectivity index (χ2v) is 9.44. The van der Waals surface area contributed by atoms with E-state index >= 15 is 0 Å². The Morgan fingerprint density at radius 3 is 2.48 bits per heavy atom. The summed E-state index contributed by atoms with van der Waals surface area (Å²) in [5, 5.41) is 5.69. The Kier molecular flexibility index (Phi) is 6.39. The van der Waals surface area contributed by atoms with Crippen molar-refractivity contribution in [1.82, 2.24) is 10.2 Å². The van der Waals surface area contributed by atoms with Gasteiger partial charge >= 0.3 is 6.03 Å². The molecule has 0 spiro atoms. The number of hydrogen-bond acceptors (Lipinski definition) is 5. The molecule has 1 saturated carbocycles. The molecule has 150 valence electrons.